The monoisotopic (exact) mass is 228 g/mol. The van der Waals surface area contributed by atoms with Crippen LogP contribution in [-0.4, -0.2) is 12.0 Å². The average Bonchev–Trinajstić information content (AvgIpc) is 2.28. The molecule has 0 aliphatic carbocycles. The minimum absolute atomic E-state index is 0.145. The maximum absolute atomic E-state index is 4.58. The highest BCUT2D eigenvalue weighted by Crippen LogP contribution is 2.34. The van der Waals surface area contributed by atoms with Crippen LogP contribution in [-0.2, 0) is 0 Å². The minimum Gasteiger partial charge on any atom is -0.311 e. The largest absolute Gasteiger partial charge is 0.311 e. The first-order valence-electron chi connectivity index (χ1n) is 6.05. The lowest BCUT2D eigenvalue weighted by Crippen LogP contribution is -2.30. The fourth-order valence-electron chi connectivity index (χ4n) is 2.35. The van der Waals surface area contributed by atoms with Gasteiger partial charge in [-0.25, -0.2) is 0 Å². The molecule has 0 bridgehead atoms. The van der Waals surface area contributed by atoms with Gasteiger partial charge in [-0.05, 0) is 23.9 Å². The van der Waals surface area contributed by atoms with Gasteiger partial charge in [0, 0.05) is 11.6 Å². The standard InChI is InChI=1S/C15H20N2/c1-15(2,3)14(16-4)13-12-8-6-5-7-11(12)9-10-17-13/h5-10,14,16H,1-4H3. The third kappa shape index (κ3) is 2.32. The lowest BCUT2D eigenvalue weighted by molar-refractivity contribution is 0.283. The van der Waals surface area contributed by atoms with Crippen LogP contribution in [0.3, 0.4) is 0 Å². The fourth-order valence-corrected chi connectivity index (χ4v) is 2.35. The molecule has 0 aliphatic rings. The first kappa shape index (κ1) is 12.1. The van der Waals surface area contributed by atoms with Crippen LogP contribution in [0.15, 0.2) is 36.5 Å². The van der Waals surface area contributed by atoms with E-state index in [0.717, 1.165) is 5.69 Å². The number of benzene rings is 1. The lowest BCUT2D eigenvalue weighted by Gasteiger charge is -2.30. The summed E-state index contributed by atoms with van der Waals surface area (Å²) in [7, 11) is 2.00. The molecule has 0 saturated heterocycles. The van der Waals surface area contributed by atoms with Gasteiger partial charge in [0.1, 0.15) is 0 Å². The van der Waals surface area contributed by atoms with Gasteiger partial charge < -0.3 is 5.32 Å². The number of nitrogens with one attached hydrogen (secondary N) is 1. The summed E-state index contributed by atoms with van der Waals surface area (Å²) in [5, 5.41) is 5.88. The van der Waals surface area contributed by atoms with Gasteiger partial charge in [-0.1, -0.05) is 45.0 Å². The second-order valence-electron chi connectivity index (χ2n) is 5.51. The van der Waals surface area contributed by atoms with Crippen LogP contribution in [0.5, 0.6) is 0 Å². The zero-order valence-electron chi connectivity index (χ0n) is 11.0. The molecule has 0 aliphatic heterocycles. The first-order chi connectivity index (χ1) is 8.04. The number of rotatable bonds is 2. The average molecular weight is 228 g/mol. The zero-order chi connectivity index (χ0) is 12.5. The molecule has 2 rings (SSSR count). The van der Waals surface area contributed by atoms with Gasteiger partial charge in [0.05, 0.1) is 11.7 Å². The molecule has 1 unspecified atom stereocenters. The molecule has 2 aromatic rings. The van der Waals surface area contributed by atoms with E-state index in [0.29, 0.717) is 0 Å². The summed E-state index contributed by atoms with van der Waals surface area (Å²) in [5.41, 5.74) is 1.28. The molecule has 0 amide bonds. The third-order valence-electron chi connectivity index (χ3n) is 3.13. The summed E-state index contributed by atoms with van der Waals surface area (Å²) < 4.78 is 0. The van der Waals surface area contributed by atoms with Crippen molar-refractivity contribution in [1.29, 1.82) is 0 Å². The minimum atomic E-state index is 0.145. The Hall–Kier alpha value is -1.41. The second-order valence-corrected chi connectivity index (χ2v) is 5.51. The smallest absolute Gasteiger partial charge is 0.0656 e. The van der Waals surface area contributed by atoms with Crippen molar-refractivity contribution in [3.63, 3.8) is 0 Å². The summed E-state index contributed by atoms with van der Waals surface area (Å²) in [4.78, 5) is 4.58. The van der Waals surface area contributed by atoms with Crippen LogP contribution in [0.2, 0.25) is 0 Å². The van der Waals surface area contributed by atoms with Gasteiger partial charge in [0.2, 0.25) is 0 Å². The molecule has 1 aromatic heterocycles. The Morgan fingerprint density at radius 2 is 1.82 bits per heavy atom. The molecule has 1 atom stereocenters. The van der Waals surface area contributed by atoms with Crippen molar-refractivity contribution in [2.24, 2.45) is 5.41 Å². The van der Waals surface area contributed by atoms with E-state index in [4.69, 9.17) is 0 Å². The maximum Gasteiger partial charge on any atom is 0.0656 e. The van der Waals surface area contributed by atoms with Crippen molar-refractivity contribution in [3.05, 3.63) is 42.2 Å². The SMILES string of the molecule is CNC(c1nccc2ccccc12)C(C)(C)C. The van der Waals surface area contributed by atoms with Gasteiger partial charge in [0.25, 0.3) is 0 Å². The van der Waals surface area contributed by atoms with E-state index in [-0.39, 0.29) is 11.5 Å². The highest BCUT2D eigenvalue weighted by molar-refractivity contribution is 5.84. The number of pyridine rings is 1. The lowest BCUT2D eigenvalue weighted by atomic mass is 9.83. The van der Waals surface area contributed by atoms with Crippen LogP contribution in [0.4, 0.5) is 0 Å². The van der Waals surface area contributed by atoms with Crippen molar-refractivity contribution in [2.75, 3.05) is 7.05 Å². The topological polar surface area (TPSA) is 24.9 Å². The summed E-state index contributed by atoms with van der Waals surface area (Å²) in [5.74, 6) is 0. The maximum atomic E-state index is 4.58. The van der Waals surface area contributed by atoms with Gasteiger partial charge in [-0.2, -0.15) is 0 Å². The highest BCUT2D eigenvalue weighted by Gasteiger charge is 2.26. The van der Waals surface area contributed by atoms with Crippen molar-refractivity contribution >= 4 is 10.8 Å². The molecule has 0 spiro atoms. The van der Waals surface area contributed by atoms with Crippen LogP contribution in [0.1, 0.15) is 32.5 Å². The molecule has 1 N–H and O–H groups in total. The Labute approximate surface area is 103 Å². The summed E-state index contributed by atoms with van der Waals surface area (Å²) in [6.45, 7) is 6.70. The molecular weight excluding hydrogens is 208 g/mol. The van der Waals surface area contributed by atoms with Crippen LogP contribution in [0, 0.1) is 5.41 Å². The Morgan fingerprint density at radius 3 is 2.47 bits per heavy atom. The number of aromatic nitrogens is 1. The van der Waals surface area contributed by atoms with Crippen molar-refractivity contribution < 1.29 is 0 Å². The molecule has 1 heterocycles. The molecule has 90 valence electrons. The summed E-state index contributed by atoms with van der Waals surface area (Å²) >= 11 is 0. The molecule has 1 aromatic carbocycles. The third-order valence-corrected chi connectivity index (χ3v) is 3.13. The Balaban J connectivity index is 2.62. The van der Waals surface area contributed by atoms with E-state index in [9.17, 15) is 0 Å². The zero-order valence-corrected chi connectivity index (χ0v) is 11.0. The Morgan fingerprint density at radius 1 is 1.12 bits per heavy atom. The van der Waals surface area contributed by atoms with Crippen LogP contribution >= 0.6 is 0 Å². The quantitative estimate of drug-likeness (QED) is 0.850. The van der Waals surface area contributed by atoms with Gasteiger partial charge >= 0.3 is 0 Å². The summed E-state index contributed by atoms with van der Waals surface area (Å²) in [6, 6.07) is 10.7. The predicted octanol–water partition coefficient (Wildman–Crippen LogP) is 3.54. The highest BCUT2D eigenvalue weighted by atomic mass is 14.9. The molecule has 0 saturated carbocycles. The van der Waals surface area contributed by atoms with Crippen LogP contribution < -0.4 is 5.32 Å². The van der Waals surface area contributed by atoms with E-state index >= 15 is 0 Å². The molecule has 2 heteroatoms. The predicted molar refractivity (Wildman–Crippen MR) is 73.0 cm³/mol. The number of fused-ring (bicyclic) bond motifs is 1. The van der Waals surface area contributed by atoms with Gasteiger partial charge in [0.15, 0.2) is 0 Å². The Bertz CT molecular complexity index is 506. The van der Waals surface area contributed by atoms with E-state index in [1.165, 1.54) is 10.8 Å². The van der Waals surface area contributed by atoms with Crippen molar-refractivity contribution in [2.45, 2.75) is 26.8 Å². The van der Waals surface area contributed by atoms with E-state index < -0.39 is 0 Å². The van der Waals surface area contributed by atoms with E-state index in [1.807, 2.05) is 13.2 Å². The normalized spacial score (nSPS) is 13.9. The molecule has 0 fully saturated rings. The number of hydrogen-bond acceptors (Lipinski definition) is 2. The molecule has 0 radical (unpaired) electrons. The first-order valence-corrected chi connectivity index (χ1v) is 6.05. The van der Waals surface area contributed by atoms with Gasteiger partial charge in [-0.15, -0.1) is 0 Å². The Kier molecular flexibility index (Phi) is 3.16. The van der Waals surface area contributed by atoms with Gasteiger partial charge in [-0.3, -0.25) is 4.98 Å². The summed E-state index contributed by atoms with van der Waals surface area (Å²) in [6.07, 6.45) is 1.90. The number of hydrogen-bond donors (Lipinski definition) is 1. The molecule has 2 nitrogen and oxygen atoms in total. The molecular formula is C15H20N2. The van der Waals surface area contributed by atoms with E-state index in [2.05, 4.69) is 61.4 Å². The number of nitrogens with zero attached hydrogens (tertiary/aromatic N) is 1. The van der Waals surface area contributed by atoms with E-state index in [1.54, 1.807) is 0 Å². The second kappa shape index (κ2) is 4.46. The van der Waals surface area contributed by atoms with Crippen LogP contribution in [0.25, 0.3) is 10.8 Å². The molecule has 17 heavy (non-hydrogen) atoms. The van der Waals surface area contributed by atoms with Crippen molar-refractivity contribution in [3.8, 4) is 0 Å². The van der Waals surface area contributed by atoms with Crippen molar-refractivity contribution in [1.82, 2.24) is 10.3 Å². The fraction of sp³-hybridized carbons (Fsp3) is 0.400.